The van der Waals surface area contributed by atoms with Crippen LogP contribution in [0.5, 0.6) is 0 Å². The topological polar surface area (TPSA) is 272 Å². The molecule has 0 radical (unpaired) electrons. The predicted molar refractivity (Wildman–Crippen MR) is 225 cm³/mol. The number of aromatic nitrogens is 7. The van der Waals surface area contributed by atoms with Crippen molar-refractivity contribution in [2.45, 2.75) is 127 Å². The summed E-state index contributed by atoms with van der Waals surface area (Å²) in [5.41, 5.74) is 4.51. The van der Waals surface area contributed by atoms with Gasteiger partial charge in [-0.2, -0.15) is 0 Å². The fourth-order valence-electron chi connectivity index (χ4n) is 8.39. The highest BCUT2D eigenvalue weighted by Crippen LogP contribution is 2.56. The minimum absolute atomic E-state index is 0.129. The van der Waals surface area contributed by atoms with E-state index in [1.54, 1.807) is 11.5 Å². The Morgan fingerprint density at radius 1 is 0.918 bits per heavy atom. The van der Waals surface area contributed by atoms with Gasteiger partial charge >= 0.3 is 31.7 Å². The number of nitrogen functional groups attached to an aromatic ring is 1. The molecule has 3 fully saturated rings. The molecule has 7 heterocycles. The number of imidazole rings is 1. The molecule has 2 bridgehead atoms. The second-order valence-electron chi connectivity index (χ2n) is 16.8. The van der Waals surface area contributed by atoms with Crippen molar-refractivity contribution in [1.82, 2.24) is 34.1 Å². The van der Waals surface area contributed by atoms with Gasteiger partial charge in [0.05, 0.1) is 25.9 Å². The van der Waals surface area contributed by atoms with Crippen LogP contribution in [0.3, 0.4) is 0 Å². The van der Waals surface area contributed by atoms with E-state index in [1.165, 1.54) is 17.2 Å². The lowest BCUT2D eigenvalue weighted by Gasteiger charge is -2.47. The predicted octanol–water partition coefficient (Wildman–Crippen LogP) is 4.77. The number of hydrogen-bond acceptors (Lipinski definition) is 17. The number of anilines is 1. The number of ether oxygens (including phenoxy) is 2. The quantitative estimate of drug-likeness (QED) is 0.106. The number of hydrogen-bond donors (Lipinski definition) is 5. The van der Waals surface area contributed by atoms with Crippen molar-refractivity contribution >= 4 is 71.5 Å². The summed E-state index contributed by atoms with van der Waals surface area (Å²) in [6.07, 6.45) is -4.18. The third-order valence-electron chi connectivity index (χ3n) is 11.7. The highest BCUT2D eigenvalue weighted by molar-refractivity contribution is 8.07. The fraction of sp³-hybridized carbons (Fsp3) is 0.676. The molecule has 3 aliphatic heterocycles. The number of nitrogens with two attached hydrogens (primary N) is 1. The van der Waals surface area contributed by atoms with E-state index in [9.17, 15) is 23.9 Å². The summed E-state index contributed by atoms with van der Waals surface area (Å²) in [5.74, 6) is -1.51. The molecule has 0 aliphatic carbocycles. The van der Waals surface area contributed by atoms with Gasteiger partial charge in [-0.25, -0.2) is 28.9 Å². The molecule has 0 aromatic carbocycles. The van der Waals surface area contributed by atoms with Crippen molar-refractivity contribution < 1.29 is 59.6 Å². The molecule has 27 heteroatoms. The number of rotatable bonds is 10. The number of nitrogens with one attached hydrogen (secondary N) is 1. The van der Waals surface area contributed by atoms with Gasteiger partial charge in [0.15, 0.2) is 29.2 Å². The Balaban J connectivity index is 1.32. The normalized spacial score (nSPS) is 32.0. The van der Waals surface area contributed by atoms with Gasteiger partial charge < -0.3 is 52.4 Å². The van der Waals surface area contributed by atoms with Gasteiger partial charge in [-0.05, 0) is 34.0 Å². The number of fused-ring (bicyclic) bond motifs is 5. The molecular formula is C34H53FN8O13P2SSi2. The highest BCUT2D eigenvalue weighted by atomic mass is 32.5. The van der Waals surface area contributed by atoms with Crippen LogP contribution < -0.4 is 11.3 Å². The van der Waals surface area contributed by atoms with Crippen molar-refractivity contribution in [3.63, 3.8) is 0 Å². The molecule has 0 spiro atoms. The maximum absolute atomic E-state index is 15.6. The van der Waals surface area contributed by atoms with Gasteiger partial charge in [-0.1, -0.05) is 62.3 Å². The van der Waals surface area contributed by atoms with E-state index in [-0.39, 0.29) is 33.6 Å². The van der Waals surface area contributed by atoms with E-state index in [0.717, 1.165) is 12.5 Å². The van der Waals surface area contributed by atoms with E-state index < -0.39 is 111 Å². The van der Waals surface area contributed by atoms with Gasteiger partial charge in [0.1, 0.15) is 54.0 Å². The number of phosphoric ester groups is 1. The summed E-state index contributed by atoms with van der Waals surface area (Å²) in [7, 11) is -12.3. The number of phosphoric acid groups is 1. The van der Waals surface area contributed by atoms with Crippen molar-refractivity contribution in [1.29, 1.82) is 0 Å². The van der Waals surface area contributed by atoms with Gasteiger partial charge in [-0.15, -0.1) is 0 Å². The Morgan fingerprint density at radius 3 is 2.23 bits per heavy atom. The van der Waals surface area contributed by atoms with Crippen molar-refractivity contribution in [3.8, 4) is 0 Å². The van der Waals surface area contributed by atoms with Gasteiger partial charge in [-0.3, -0.25) is 22.9 Å². The first-order valence-electron chi connectivity index (χ1n) is 19.9. The van der Waals surface area contributed by atoms with Crippen LogP contribution in [-0.2, 0) is 52.5 Å². The van der Waals surface area contributed by atoms with Crippen molar-refractivity contribution in [2.75, 3.05) is 18.9 Å². The summed E-state index contributed by atoms with van der Waals surface area (Å²) in [6, 6.07) is 0. The van der Waals surface area contributed by atoms with Crippen LogP contribution in [0.15, 0.2) is 30.0 Å². The van der Waals surface area contributed by atoms with Gasteiger partial charge in [0.25, 0.3) is 5.56 Å². The van der Waals surface area contributed by atoms with Crippen molar-refractivity contribution in [2.24, 2.45) is 5.92 Å². The monoisotopic (exact) mass is 950 g/mol. The molecule has 0 saturated carbocycles. The SMILES string of the molecule is CC(C)[Si](O)(O[Si](O[C@H]1[C@H]2OP(O)(=S)OC[C@H]3OC(n4cnc5c(N)ncnc54)[C@H](C)[C@@H]3OP(=O)(O)OC[C@H]1O[C@H]2n1cc(F)c2c(=O)[nH]cnc21)(C(C)C)C(C)C)C(C)C. The Labute approximate surface area is 357 Å². The Morgan fingerprint density at radius 2 is 1.57 bits per heavy atom. The van der Waals surface area contributed by atoms with Crippen LogP contribution in [0.4, 0.5) is 10.2 Å². The molecule has 0 amide bonds. The second-order valence-corrected chi connectivity index (χ2v) is 29.6. The molecular weight excluding hydrogens is 898 g/mol. The molecule has 6 N–H and O–H groups in total. The highest BCUT2D eigenvalue weighted by Gasteiger charge is 2.60. The Hall–Kier alpha value is -2.43. The molecule has 3 unspecified atom stereocenters. The van der Waals surface area contributed by atoms with E-state index in [4.69, 9.17) is 53.7 Å². The molecule has 10 atom stereocenters. The van der Waals surface area contributed by atoms with Crippen molar-refractivity contribution in [3.05, 3.63) is 41.3 Å². The molecule has 4 aromatic heterocycles. The smallest absolute Gasteiger partial charge is 0.414 e. The fourth-order valence-corrected chi connectivity index (χ4v) is 20.8. The minimum atomic E-state index is -5.03. The standard InChI is InChI=1S/C34H53FN8O13P2SSi2/c1-16(2)60(48,17(3)4)56-61(18(5)6,19(7)8)55-27-23-11-49-57(45,46)53-26-20(9)33(43-15-41-25-29(36)37-13-39-31(25)43)51-22(26)12-50-58(47,59)54-28(27)34(52-23)42-10-21(35)24-30(42)38-14-40-32(24)44/h10,13-20,22-23,26-28,33-34,48H,11-12H2,1-9H3,(H,45,46)(H,47,59)(H2,36,37,39)(H,38,40,44)/t20-,22-,23-,26+,27-,28-,33?,34-,58?/m1/s1. The summed E-state index contributed by atoms with van der Waals surface area (Å²) in [4.78, 5) is 67.5. The lowest BCUT2D eigenvalue weighted by Crippen LogP contribution is -2.62. The molecule has 3 saturated heterocycles. The van der Waals surface area contributed by atoms with E-state index in [2.05, 4.69) is 24.9 Å². The van der Waals surface area contributed by atoms with Crippen LogP contribution in [0, 0.1) is 11.7 Å². The summed E-state index contributed by atoms with van der Waals surface area (Å²) in [5, 5.41) is -0.390. The lowest BCUT2D eigenvalue weighted by molar-refractivity contribution is -0.0635. The van der Waals surface area contributed by atoms with E-state index >= 15 is 4.39 Å². The zero-order chi connectivity index (χ0) is 44.6. The lowest BCUT2D eigenvalue weighted by atomic mass is 10.0. The molecule has 7 rings (SSSR count). The first-order valence-corrected chi connectivity index (χ1v) is 28.0. The second kappa shape index (κ2) is 17.2. The number of aromatic amines is 1. The Bertz CT molecular complexity index is 2390. The molecule has 61 heavy (non-hydrogen) atoms. The molecule has 21 nitrogen and oxygen atoms in total. The molecule has 3 aliphatic rings. The maximum Gasteiger partial charge on any atom is 0.472 e. The minimum Gasteiger partial charge on any atom is -0.414 e. The summed E-state index contributed by atoms with van der Waals surface area (Å²) >= 11 is 5.65. The first kappa shape index (κ1) is 46.6. The third kappa shape index (κ3) is 8.63. The summed E-state index contributed by atoms with van der Waals surface area (Å²) < 4.78 is 83.3. The van der Waals surface area contributed by atoms with E-state index in [0.29, 0.717) is 11.2 Å². The molecule has 4 aromatic rings. The van der Waals surface area contributed by atoms with Crippen LogP contribution in [-0.4, -0.2) is 109 Å². The first-order chi connectivity index (χ1) is 28.5. The summed E-state index contributed by atoms with van der Waals surface area (Å²) in [6.45, 7) is 11.2. The maximum atomic E-state index is 15.6. The number of halogens is 1. The van der Waals surface area contributed by atoms with E-state index in [1.807, 2.05) is 55.4 Å². The number of nitrogens with zero attached hydrogens (tertiary/aromatic N) is 6. The average molecular weight is 951 g/mol. The average Bonchev–Trinajstić information content (AvgIpc) is 3.92. The van der Waals surface area contributed by atoms with Crippen LogP contribution in [0.25, 0.3) is 22.2 Å². The number of H-pyrrole nitrogens is 1. The largest absolute Gasteiger partial charge is 0.472 e. The molecule has 338 valence electrons. The van der Waals surface area contributed by atoms with Crippen LogP contribution >= 0.6 is 14.5 Å². The van der Waals surface area contributed by atoms with Crippen LogP contribution in [0.2, 0.25) is 22.2 Å². The van der Waals surface area contributed by atoms with Gasteiger partial charge in [0.2, 0.25) is 0 Å². The third-order valence-corrected chi connectivity index (χ3v) is 24.0. The van der Waals surface area contributed by atoms with Crippen LogP contribution in [0.1, 0.15) is 74.8 Å². The zero-order valence-electron chi connectivity index (χ0n) is 35.0. The zero-order valence-corrected chi connectivity index (χ0v) is 39.6. The van der Waals surface area contributed by atoms with Gasteiger partial charge in [0, 0.05) is 12.1 Å². The Kier molecular flexibility index (Phi) is 13.1.